The molecule has 2 atom stereocenters. The monoisotopic (exact) mass is 255 g/mol. The summed E-state index contributed by atoms with van der Waals surface area (Å²) >= 11 is 0. The van der Waals surface area contributed by atoms with Gasteiger partial charge in [0.1, 0.15) is 6.04 Å². The molecular weight excluding hydrogens is 230 g/mol. The van der Waals surface area contributed by atoms with Crippen LogP contribution < -0.4 is 0 Å². The maximum absolute atomic E-state index is 11.9. The van der Waals surface area contributed by atoms with Crippen molar-refractivity contribution in [2.75, 3.05) is 26.3 Å². The second kappa shape index (κ2) is 7.10. The van der Waals surface area contributed by atoms with Crippen LogP contribution in [-0.4, -0.2) is 49.3 Å². The van der Waals surface area contributed by atoms with Crippen molar-refractivity contribution < 1.29 is 14.3 Å². The predicted octanol–water partition coefficient (Wildman–Crippen LogP) is 1.97. The zero-order valence-corrected chi connectivity index (χ0v) is 11.4. The van der Waals surface area contributed by atoms with Gasteiger partial charge in [-0.3, -0.25) is 9.69 Å². The molecule has 2 heterocycles. The Morgan fingerprint density at radius 1 is 1.28 bits per heavy atom. The second-order valence-electron chi connectivity index (χ2n) is 5.25. The zero-order valence-electron chi connectivity index (χ0n) is 11.4. The Morgan fingerprint density at radius 3 is 2.83 bits per heavy atom. The average Bonchev–Trinajstić information content (AvgIpc) is 2.41. The smallest absolute Gasteiger partial charge is 0.323 e. The Labute approximate surface area is 110 Å². The Kier molecular flexibility index (Phi) is 5.45. The van der Waals surface area contributed by atoms with Crippen LogP contribution in [0, 0.1) is 0 Å². The molecule has 0 aromatic carbocycles. The van der Waals surface area contributed by atoms with Gasteiger partial charge in [0.15, 0.2) is 0 Å². The molecule has 0 saturated carbocycles. The van der Waals surface area contributed by atoms with E-state index in [-0.39, 0.29) is 12.0 Å². The lowest BCUT2D eigenvalue weighted by Crippen LogP contribution is -2.49. The van der Waals surface area contributed by atoms with Crippen molar-refractivity contribution >= 4 is 5.97 Å². The van der Waals surface area contributed by atoms with Crippen molar-refractivity contribution in [1.29, 1.82) is 0 Å². The van der Waals surface area contributed by atoms with Crippen molar-refractivity contribution in [3.05, 3.63) is 0 Å². The van der Waals surface area contributed by atoms with E-state index in [1.807, 2.05) is 6.92 Å². The number of hydrogen-bond acceptors (Lipinski definition) is 4. The van der Waals surface area contributed by atoms with Crippen molar-refractivity contribution in [1.82, 2.24) is 4.90 Å². The minimum Gasteiger partial charge on any atom is -0.465 e. The number of nitrogens with zero attached hydrogens (tertiary/aromatic N) is 1. The number of carbonyl (C=O) groups is 1. The van der Waals surface area contributed by atoms with E-state index < -0.39 is 0 Å². The molecule has 2 rings (SSSR count). The fourth-order valence-corrected chi connectivity index (χ4v) is 2.93. The summed E-state index contributed by atoms with van der Waals surface area (Å²) in [5, 5.41) is 0. The van der Waals surface area contributed by atoms with Crippen molar-refractivity contribution in [2.45, 2.75) is 57.6 Å². The van der Waals surface area contributed by atoms with Crippen LogP contribution in [-0.2, 0) is 14.3 Å². The number of carbonyl (C=O) groups excluding carboxylic acids is 1. The number of rotatable bonds is 4. The Morgan fingerprint density at radius 2 is 2.11 bits per heavy atom. The van der Waals surface area contributed by atoms with Crippen LogP contribution in [0.2, 0.25) is 0 Å². The normalized spacial score (nSPS) is 30.1. The molecule has 0 N–H and O–H groups in total. The topological polar surface area (TPSA) is 38.8 Å². The van der Waals surface area contributed by atoms with Crippen molar-refractivity contribution in [3.63, 3.8) is 0 Å². The largest absolute Gasteiger partial charge is 0.465 e. The Hall–Kier alpha value is -0.610. The SMILES string of the molecule is CCOC(=O)C1CCCCN1CC1CCCCO1. The van der Waals surface area contributed by atoms with Gasteiger partial charge in [0.25, 0.3) is 0 Å². The molecule has 104 valence electrons. The molecule has 18 heavy (non-hydrogen) atoms. The molecule has 2 saturated heterocycles. The Bertz CT molecular complexity index is 264. The lowest BCUT2D eigenvalue weighted by molar-refractivity contribution is -0.152. The molecular formula is C14H25NO3. The zero-order chi connectivity index (χ0) is 12.8. The number of ether oxygens (including phenoxy) is 2. The van der Waals surface area contributed by atoms with Crippen LogP contribution >= 0.6 is 0 Å². The van der Waals surface area contributed by atoms with E-state index in [1.165, 1.54) is 19.3 Å². The summed E-state index contributed by atoms with van der Waals surface area (Å²) < 4.78 is 11.0. The molecule has 0 aliphatic carbocycles. The van der Waals surface area contributed by atoms with Crippen LogP contribution in [0.3, 0.4) is 0 Å². The van der Waals surface area contributed by atoms with Gasteiger partial charge in [0.2, 0.25) is 0 Å². The molecule has 2 aliphatic rings. The number of piperidine rings is 1. The highest BCUT2D eigenvalue weighted by Gasteiger charge is 2.31. The highest BCUT2D eigenvalue weighted by atomic mass is 16.5. The highest BCUT2D eigenvalue weighted by molar-refractivity contribution is 5.75. The average molecular weight is 255 g/mol. The molecule has 2 unspecified atom stereocenters. The van der Waals surface area contributed by atoms with Crippen LogP contribution in [0.1, 0.15) is 45.4 Å². The van der Waals surface area contributed by atoms with E-state index in [0.29, 0.717) is 12.7 Å². The first-order valence-corrected chi connectivity index (χ1v) is 7.33. The second-order valence-corrected chi connectivity index (χ2v) is 5.25. The van der Waals surface area contributed by atoms with E-state index in [0.717, 1.165) is 39.0 Å². The van der Waals surface area contributed by atoms with Gasteiger partial charge >= 0.3 is 5.97 Å². The summed E-state index contributed by atoms with van der Waals surface area (Å²) in [5.74, 6) is -0.0481. The van der Waals surface area contributed by atoms with E-state index in [1.54, 1.807) is 0 Å². The summed E-state index contributed by atoms with van der Waals surface area (Å²) in [5.41, 5.74) is 0. The summed E-state index contributed by atoms with van der Waals surface area (Å²) in [6, 6.07) is -0.0378. The van der Waals surface area contributed by atoms with E-state index in [2.05, 4.69) is 4.90 Å². The first-order chi connectivity index (χ1) is 8.81. The fourth-order valence-electron chi connectivity index (χ4n) is 2.93. The minimum atomic E-state index is -0.0481. The van der Waals surface area contributed by atoms with Gasteiger partial charge in [0.05, 0.1) is 12.7 Å². The van der Waals surface area contributed by atoms with E-state index in [4.69, 9.17) is 9.47 Å². The minimum absolute atomic E-state index is 0.0378. The lowest BCUT2D eigenvalue weighted by atomic mass is 10.0. The molecule has 4 heteroatoms. The lowest BCUT2D eigenvalue weighted by Gasteiger charge is -2.37. The third-order valence-electron chi connectivity index (χ3n) is 3.88. The molecule has 0 amide bonds. The fraction of sp³-hybridized carbons (Fsp3) is 0.929. The number of likely N-dealkylation sites (tertiary alicyclic amines) is 1. The maximum Gasteiger partial charge on any atom is 0.323 e. The predicted molar refractivity (Wildman–Crippen MR) is 69.4 cm³/mol. The van der Waals surface area contributed by atoms with Gasteiger partial charge in [-0.15, -0.1) is 0 Å². The Balaban J connectivity index is 1.88. The first kappa shape index (κ1) is 13.8. The van der Waals surface area contributed by atoms with Gasteiger partial charge in [-0.25, -0.2) is 0 Å². The maximum atomic E-state index is 11.9. The van der Waals surface area contributed by atoms with Gasteiger partial charge in [-0.2, -0.15) is 0 Å². The summed E-state index contributed by atoms with van der Waals surface area (Å²) in [4.78, 5) is 14.2. The third kappa shape index (κ3) is 3.69. The molecule has 0 spiro atoms. The van der Waals surface area contributed by atoms with Crippen molar-refractivity contribution in [3.8, 4) is 0 Å². The van der Waals surface area contributed by atoms with Gasteiger partial charge in [-0.1, -0.05) is 6.42 Å². The number of hydrogen-bond donors (Lipinski definition) is 0. The summed E-state index contributed by atoms with van der Waals surface area (Å²) in [7, 11) is 0. The molecule has 2 fully saturated rings. The molecule has 0 aromatic heterocycles. The van der Waals surface area contributed by atoms with Gasteiger partial charge in [0, 0.05) is 13.2 Å². The third-order valence-corrected chi connectivity index (χ3v) is 3.88. The van der Waals surface area contributed by atoms with Crippen molar-refractivity contribution in [2.24, 2.45) is 0 Å². The summed E-state index contributed by atoms with van der Waals surface area (Å²) in [6.07, 6.45) is 7.13. The van der Waals surface area contributed by atoms with Crippen LogP contribution in [0.15, 0.2) is 0 Å². The molecule has 0 aromatic rings. The molecule has 0 bridgehead atoms. The summed E-state index contributed by atoms with van der Waals surface area (Å²) in [6.45, 7) is 5.12. The quantitative estimate of drug-likeness (QED) is 0.720. The molecule has 4 nitrogen and oxygen atoms in total. The number of esters is 1. The van der Waals surface area contributed by atoms with E-state index in [9.17, 15) is 4.79 Å². The van der Waals surface area contributed by atoms with Crippen LogP contribution in [0.5, 0.6) is 0 Å². The van der Waals surface area contributed by atoms with Crippen LogP contribution in [0.25, 0.3) is 0 Å². The standard InChI is InChI=1S/C14H25NO3/c1-2-17-14(16)13-8-3-5-9-15(13)11-12-7-4-6-10-18-12/h12-13H,2-11H2,1H3. The van der Waals surface area contributed by atoms with Gasteiger partial charge in [-0.05, 0) is 45.6 Å². The highest BCUT2D eigenvalue weighted by Crippen LogP contribution is 2.21. The van der Waals surface area contributed by atoms with Crippen LogP contribution in [0.4, 0.5) is 0 Å². The first-order valence-electron chi connectivity index (χ1n) is 7.33. The molecule has 0 radical (unpaired) electrons. The molecule has 2 aliphatic heterocycles. The van der Waals surface area contributed by atoms with E-state index >= 15 is 0 Å². The van der Waals surface area contributed by atoms with Gasteiger partial charge < -0.3 is 9.47 Å².